The topological polar surface area (TPSA) is 111 Å². The van der Waals surface area contributed by atoms with Crippen molar-refractivity contribution in [1.29, 1.82) is 0 Å². The second-order valence-electron chi connectivity index (χ2n) is 6.25. The Morgan fingerprint density at radius 1 is 0.857 bits per heavy atom. The summed E-state index contributed by atoms with van der Waals surface area (Å²) in [5.74, 6) is -2.79. The smallest absolute Gasteiger partial charge is 0.326 e. The number of carbonyl (C=O) groups excluding carboxylic acids is 4. The zero-order chi connectivity index (χ0) is 19.9. The SMILES string of the molecule is NC(=O)N1C(=O)C(C(=O)c2ccccc2)(C(=O)c2ccco2)c2ccccc21. The van der Waals surface area contributed by atoms with Crippen LogP contribution in [-0.4, -0.2) is 23.5 Å². The number of hydrogen-bond donors (Lipinski definition) is 1. The summed E-state index contributed by atoms with van der Waals surface area (Å²) in [6.45, 7) is 0. The lowest BCUT2D eigenvalue weighted by atomic mass is 9.71. The minimum atomic E-state index is -2.30. The number of anilines is 1. The van der Waals surface area contributed by atoms with Gasteiger partial charge in [-0.15, -0.1) is 0 Å². The quantitative estimate of drug-likeness (QED) is 0.558. The van der Waals surface area contributed by atoms with Gasteiger partial charge in [-0.2, -0.15) is 0 Å². The van der Waals surface area contributed by atoms with Gasteiger partial charge in [0.05, 0.1) is 12.0 Å². The largest absolute Gasteiger partial charge is 0.461 e. The lowest BCUT2D eigenvalue weighted by molar-refractivity contribution is -0.119. The fourth-order valence-corrected chi connectivity index (χ4v) is 3.54. The number of ketones is 2. The van der Waals surface area contributed by atoms with Gasteiger partial charge in [0, 0.05) is 11.1 Å². The van der Waals surface area contributed by atoms with Crippen LogP contribution in [0.3, 0.4) is 0 Å². The van der Waals surface area contributed by atoms with Crippen LogP contribution in [0.2, 0.25) is 0 Å². The average molecular weight is 374 g/mol. The zero-order valence-electron chi connectivity index (χ0n) is 14.5. The van der Waals surface area contributed by atoms with Gasteiger partial charge in [0.2, 0.25) is 11.2 Å². The zero-order valence-corrected chi connectivity index (χ0v) is 14.5. The molecular formula is C21H14N2O5. The van der Waals surface area contributed by atoms with Gasteiger partial charge in [-0.1, -0.05) is 48.5 Å². The van der Waals surface area contributed by atoms with Crippen LogP contribution in [0.15, 0.2) is 77.4 Å². The highest BCUT2D eigenvalue weighted by Crippen LogP contribution is 2.45. The summed E-state index contributed by atoms with van der Waals surface area (Å²) in [7, 11) is 0. The Hall–Kier alpha value is -4.00. The molecular weight excluding hydrogens is 360 g/mol. The third-order valence-corrected chi connectivity index (χ3v) is 4.76. The Morgan fingerprint density at radius 2 is 1.54 bits per heavy atom. The van der Waals surface area contributed by atoms with Gasteiger partial charge in [-0.25, -0.2) is 9.69 Å². The van der Waals surface area contributed by atoms with Crippen LogP contribution >= 0.6 is 0 Å². The van der Waals surface area contributed by atoms with Crippen LogP contribution in [0, 0.1) is 0 Å². The molecule has 1 aliphatic rings. The molecule has 0 bridgehead atoms. The first-order valence-electron chi connectivity index (χ1n) is 8.41. The van der Waals surface area contributed by atoms with E-state index in [1.807, 2.05) is 0 Å². The molecule has 2 N–H and O–H groups in total. The van der Waals surface area contributed by atoms with E-state index in [1.165, 1.54) is 42.7 Å². The van der Waals surface area contributed by atoms with Gasteiger partial charge >= 0.3 is 6.03 Å². The number of imide groups is 1. The van der Waals surface area contributed by atoms with E-state index >= 15 is 0 Å². The highest BCUT2D eigenvalue weighted by atomic mass is 16.3. The molecule has 7 nitrogen and oxygen atoms in total. The predicted octanol–water partition coefficient (Wildman–Crippen LogP) is 2.71. The van der Waals surface area contributed by atoms with Crippen LogP contribution in [0.4, 0.5) is 10.5 Å². The number of urea groups is 1. The van der Waals surface area contributed by atoms with E-state index in [4.69, 9.17) is 10.2 Å². The Balaban J connectivity index is 2.05. The summed E-state index contributed by atoms with van der Waals surface area (Å²) in [6, 6.07) is 15.8. The van der Waals surface area contributed by atoms with Gasteiger partial charge in [0.1, 0.15) is 0 Å². The molecule has 0 spiro atoms. The molecule has 1 aliphatic heterocycles. The van der Waals surface area contributed by atoms with Crippen molar-refractivity contribution in [3.05, 3.63) is 89.9 Å². The van der Waals surface area contributed by atoms with E-state index < -0.39 is 28.9 Å². The van der Waals surface area contributed by atoms with Crippen LogP contribution < -0.4 is 10.6 Å². The summed E-state index contributed by atoms with van der Waals surface area (Å²) in [5.41, 5.74) is 3.44. The van der Waals surface area contributed by atoms with Crippen LogP contribution in [-0.2, 0) is 10.2 Å². The Kier molecular flexibility index (Phi) is 3.93. The highest BCUT2D eigenvalue weighted by Gasteiger charge is 2.63. The van der Waals surface area contributed by atoms with Crippen molar-refractivity contribution >= 4 is 29.2 Å². The number of primary amides is 1. The molecule has 0 fully saturated rings. The number of nitrogens with two attached hydrogens (primary N) is 1. The van der Waals surface area contributed by atoms with E-state index in [-0.39, 0.29) is 22.6 Å². The Morgan fingerprint density at radius 3 is 2.18 bits per heavy atom. The second kappa shape index (κ2) is 6.31. The van der Waals surface area contributed by atoms with Crippen LogP contribution in [0.1, 0.15) is 26.5 Å². The summed E-state index contributed by atoms with van der Waals surface area (Å²) in [4.78, 5) is 53.2. The van der Waals surface area contributed by atoms with Gasteiger partial charge in [-0.3, -0.25) is 14.4 Å². The molecule has 0 saturated carbocycles. The van der Waals surface area contributed by atoms with Crippen LogP contribution in [0.25, 0.3) is 0 Å². The fraction of sp³-hybridized carbons (Fsp3) is 0.0476. The van der Waals surface area contributed by atoms with E-state index in [2.05, 4.69) is 0 Å². The first-order valence-corrected chi connectivity index (χ1v) is 8.41. The van der Waals surface area contributed by atoms with Crippen molar-refractivity contribution in [3.63, 3.8) is 0 Å². The number of carbonyl (C=O) groups is 4. The normalized spacial score (nSPS) is 18.0. The Bertz CT molecular complexity index is 1100. The summed E-state index contributed by atoms with van der Waals surface area (Å²) in [5, 5.41) is 0. The van der Waals surface area contributed by atoms with Gasteiger partial charge in [0.25, 0.3) is 5.91 Å². The number of nitrogens with zero attached hydrogens (tertiary/aromatic N) is 1. The van der Waals surface area contributed by atoms with E-state index in [0.717, 1.165) is 0 Å². The maximum absolute atomic E-state index is 13.6. The number of para-hydroxylation sites is 1. The van der Waals surface area contributed by atoms with Gasteiger partial charge in [-0.05, 0) is 18.2 Å². The molecule has 28 heavy (non-hydrogen) atoms. The molecule has 0 saturated heterocycles. The molecule has 3 aromatic rings. The molecule has 1 atom stereocenters. The average Bonchev–Trinajstić information content (AvgIpc) is 3.32. The molecule has 3 amide bonds. The Labute approximate surface area is 159 Å². The van der Waals surface area contributed by atoms with Crippen molar-refractivity contribution in [2.24, 2.45) is 5.73 Å². The number of Topliss-reactive ketones (excluding diaryl/α,β-unsaturated/α-hetero) is 2. The molecule has 0 aliphatic carbocycles. The van der Waals surface area contributed by atoms with Crippen LogP contribution in [0.5, 0.6) is 0 Å². The monoisotopic (exact) mass is 374 g/mol. The number of fused-ring (bicyclic) bond motifs is 1. The van der Waals surface area contributed by atoms with E-state index in [9.17, 15) is 19.2 Å². The molecule has 0 radical (unpaired) electrons. The minimum absolute atomic E-state index is 0.0917. The third-order valence-electron chi connectivity index (χ3n) is 4.76. The van der Waals surface area contributed by atoms with Crippen molar-refractivity contribution in [3.8, 4) is 0 Å². The van der Waals surface area contributed by atoms with Crippen molar-refractivity contribution in [2.75, 3.05) is 4.90 Å². The molecule has 138 valence electrons. The second-order valence-corrected chi connectivity index (χ2v) is 6.25. The molecule has 1 unspecified atom stereocenters. The van der Waals surface area contributed by atoms with E-state index in [1.54, 1.807) is 30.3 Å². The summed E-state index contributed by atoms with van der Waals surface area (Å²) in [6.07, 6.45) is 1.27. The number of amides is 3. The highest BCUT2D eigenvalue weighted by molar-refractivity contribution is 6.44. The van der Waals surface area contributed by atoms with Crippen molar-refractivity contribution < 1.29 is 23.6 Å². The van der Waals surface area contributed by atoms with Gasteiger partial charge < -0.3 is 10.2 Å². The molecule has 7 heteroatoms. The van der Waals surface area contributed by atoms with E-state index in [0.29, 0.717) is 4.90 Å². The number of benzene rings is 2. The summed E-state index contributed by atoms with van der Waals surface area (Å²) < 4.78 is 5.19. The lowest BCUT2D eigenvalue weighted by Crippen LogP contribution is -2.54. The molecule has 2 aromatic carbocycles. The number of rotatable bonds is 4. The standard InChI is InChI=1S/C21H14N2O5/c22-20(27)23-15-10-5-4-9-14(15)21(19(23)26,18(25)16-11-6-12-28-16)17(24)13-7-2-1-3-8-13/h1-12H,(H2,22,27). The number of hydrogen-bond acceptors (Lipinski definition) is 5. The van der Waals surface area contributed by atoms with Crippen molar-refractivity contribution in [1.82, 2.24) is 0 Å². The molecule has 4 rings (SSSR count). The van der Waals surface area contributed by atoms with Crippen molar-refractivity contribution in [2.45, 2.75) is 5.41 Å². The lowest BCUT2D eigenvalue weighted by Gasteiger charge is -2.24. The first-order chi connectivity index (χ1) is 13.5. The number of furan rings is 1. The first kappa shape index (κ1) is 17.4. The maximum atomic E-state index is 13.6. The summed E-state index contributed by atoms with van der Waals surface area (Å²) >= 11 is 0. The molecule has 1 aromatic heterocycles. The fourth-order valence-electron chi connectivity index (χ4n) is 3.54. The maximum Gasteiger partial charge on any atom is 0.326 e. The predicted molar refractivity (Wildman–Crippen MR) is 99.0 cm³/mol. The van der Waals surface area contributed by atoms with Gasteiger partial charge in [0.15, 0.2) is 11.5 Å². The molecule has 2 heterocycles. The third kappa shape index (κ3) is 2.23. The minimum Gasteiger partial charge on any atom is -0.461 e.